The van der Waals surface area contributed by atoms with Crippen molar-refractivity contribution in [2.45, 2.75) is 17.2 Å². The maximum absolute atomic E-state index is 11.6. The van der Waals surface area contributed by atoms with E-state index in [4.69, 9.17) is 10.7 Å². The van der Waals surface area contributed by atoms with Gasteiger partial charge < -0.3 is 4.90 Å². The Morgan fingerprint density at radius 1 is 1.53 bits per heavy atom. The number of hydrogen-bond donors (Lipinski definition) is 0. The molecule has 0 radical (unpaired) electrons. The lowest BCUT2D eigenvalue weighted by Crippen LogP contribution is -2.21. The van der Waals surface area contributed by atoms with E-state index >= 15 is 0 Å². The van der Waals surface area contributed by atoms with E-state index in [2.05, 4.69) is 0 Å². The molecule has 0 aromatic carbocycles. The average molecular weight is 266 g/mol. The molecule has 0 bridgehead atoms. The fourth-order valence-corrected chi connectivity index (χ4v) is 4.24. The quantitative estimate of drug-likeness (QED) is 0.728. The normalized spacial score (nSPS) is 20.9. The molecule has 82 valence electrons. The van der Waals surface area contributed by atoms with Gasteiger partial charge in [0, 0.05) is 28.7 Å². The Morgan fingerprint density at radius 3 is 2.67 bits per heavy atom. The zero-order valence-corrected chi connectivity index (χ0v) is 10.4. The molecule has 1 aromatic heterocycles. The Balaban J connectivity index is 2.69. The Labute approximate surface area is 95.9 Å². The summed E-state index contributed by atoms with van der Waals surface area (Å²) >= 11 is 1.00. The third kappa shape index (κ3) is 1.47. The van der Waals surface area contributed by atoms with Gasteiger partial charge in [-0.15, -0.1) is 11.3 Å². The minimum absolute atomic E-state index is 0.0874. The van der Waals surface area contributed by atoms with Crippen molar-refractivity contribution in [2.75, 3.05) is 7.05 Å². The van der Waals surface area contributed by atoms with Crippen LogP contribution >= 0.6 is 22.0 Å². The van der Waals surface area contributed by atoms with Gasteiger partial charge in [0.2, 0.25) is 0 Å². The molecule has 1 aliphatic heterocycles. The zero-order chi connectivity index (χ0) is 11.4. The summed E-state index contributed by atoms with van der Waals surface area (Å²) in [4.78, 5) is 13.1. The monoisotopic (exact) mass is 265 g/mol. The highest BCUT2D eigenvalue weighted by molar-refractivity contribution is 8.15. The molecule has 1 aromatic rings. The van der Waals surface area contributed by atoms with Crippen molar-refractivity contribution in [1.82, 2.24) is 4.90 Å². The van der Waals surface area contributed by atoms with Gasteiger partial charge in [-0.25, -0.2) is 8.42 Å². The SMILES string of the molecule is CC1c2c(csc2S(=O)(=O)Cl)C(=O)N1C. The van der Waals surface area contributed by atoms with Gasteiger partial charge in [0.25, 0.3) is 15.0 Å². The second kappa shape index (κ2) is 3.20. The molecular formula is C8H8ClNO3S2. The van der Waals surface area contributed by atoms with Crippen LogP contribution in [0.25, 0.3) is 0 Å². The molecule has 2 rings (SSSR count). The summed E-state index contributed by atoms with van der Waals surface area (Å²) in [5.74, 6) is -0.152. The first kappa shape index (κ1) is 10.9. The maximum Gasteiger partial charge on any atom is 0.271 e. The second-order valence-corrected chi connectivity index (χ2v) is 7.02. The highest BCUT2D eigenvalue weighted by atomic mass is 35.7. The van der Waals surface area contributed by atoms with Gasteiger partial charge in [0.15, 0.2) is 0 Å². The summed E-state index contributed by atoms with van der Waals surface area (Å²) in [7, 11) is 3.19. The largest absolute Gasteiger partial charge is 0.335 e. The molecule has 0 saturated carbocycles. The molecule has 0 fully saturated rings. The van der Waals surface area contributed by atoms with Crippen LogP contribution in [-0.2, 0) is 9.05 Å². The predicted molar refractivity (Wildman–Crippen MR) is 57.9 cm³/mol. The van der Waals surface area contributed by atoms with E-state index in [0.29, 0.717) is 11.1 Å². The number of amides is 1. The molecular weight excluding hydrogens is 258 g/mol. The number of thiophene rings is 1. The second-order valence-electron chi connectivity index (χ2n) is 3.38. The third-order valence-electron chi connectivity index (χ3n) is 2.56. The van der Waals surface area contributed by atoms with Crippen LogP contribution in [0.1, 0.15) is 28.9 Å². The number of rotatable bonds is 1. The molecule has 1 amide bonds. The molecule has 0 aliphatic carbocycles. The summed E-state index contributed by atoms with van der Waals surface area (Å²) in [5.41, 5.74) is 0.983. The lowest BCUT2D eigenvalue weighted by Gasteiger charge is -2.16. The van der Waals surface area contributed by atoms with Crippen molar-refractivity contribution in [3.05, 3.63) is 16.5 Å². The Bertz CT molecular complexity index is 534. The van der Waals surface area contributed by atoms with E-state index in [1.165, 1.54) is 4.90 Å². The number of nitrogens with zero attached hydrogens (tertiary/aromatic N) is 1. The third-order valence-corrected chi connectivity index (χ3v) is 5.70. The summed E-state index contributed by atoms with van der Waals surface area (Å²) in [5, 5.41) is 1.55. The van der Waals surface area contributed by atoms with Crippen LogP contribution in [0, 0.1) is 0 Å². The smallest absolute Gasteiger partial charge is 0.271 e. The van der Waals surface area contributed by atoms with Gasteiger partial charge in [-0.2, -0.15) is 0 Å². The highest BCUT2D eigenvalue weighted by Crippen LogP contribution is 2.41. The van der Waals surface area contributed by atoms with Crippen LogP contribution in [-0.4, -0.2) is 26.3 Å². The molecule has 1 unspecified atom stereocenters. The van der Waals surface area contributed by atoms with Gasteiger partial charge in [-0.1, -0.05) is 0 Å². The van der Waals surface area contributed by atoms with Crippen LogP contribution in [0.3, 0.4) is 0 Å². The fraction of sp³-hybridized carbons (Fsp3) is 0.375. The molecule has 7 heteroatoms. The average Bonchev–Trinajstić information content (AvgIpc) is 2.63. The molecule has 0 saturated heterocycles. The van der Waals surface area contributed by atoms with Gasteiger partial charge in [0.1, 0.15) is 4.21 Å². The molecule has 15 heavy (non-hydrogen) atoms. The van der Waals surface area contributed by atoms with E-state index < -0.39 is 9.05 Å². The summed E-state index contributed by atoms with van der Waals surface area (Å²) in [6.07, 6.45) is 0. The lowest BCUT2D eigenvalue weighted by molar-refractivity contribution is 0.0783. The Hall–Kier alpha value is -0.590. The molecule has 2 heterocycles. The van der Waals surface area contributed by atoms with Crippen LogP contribution in [0.4, 0.5) is 0 Å². The summed E-state index contributed by atoms with van der Waals surface area (Å²) in [6.45, 7) is 1.78. The van der Waals surface area contributed by atoms with E-state index in [1.54, 1.807) is 19.4 Å². The minimum Gasteiger partial charge on any atom is -0.335 e. The fourth-order valence-electron chi connectivity index (χ4n) is 1.66. The van der Waals surface area contributed by atoms with Crippen molar-refractivity contribution >= 4 is 37.0 Å². The molecule has 0 spiro atoms. The maximum atomic E-state index is 11.6. The first-order valence-corrected chi connectivity index (χ1v) is 7.36. The van der Waals surface area contributed by atoms with Gasteiger partial charge in [-0.3, -0.25) is 4.79 Å². The number of carbonyl (C=O) groups is 1. The Morgan fingerprint density at radius 2 is 2.13 bits per heavy atom. The molecule has 1 atom stereocenters. The molecule has 4 nitrogen and oxygen atoms in total. The first-order chi connectivity index (χ1) is 6.84. The van der Waals surface area contributed by atoms with E-state index in [9.17, 15) is 13.2 Å². The van der Waals surface area contributed by atoms with E-state index in [-0.39, 0.29) is 16.2 Å². The number of fused-ring (bicyclic) bond motifs is 1. The van der Waals surface area contributed by atoms with Crippen LogP contribution < -0.4 is 0 Å². The zero-order valence-electron chi connectivity index (χ0n) is 8.02. The van der Waals surface area contributed by atoms with Crippen molar-refractivity contribution in [2.24, 2.45) is 0 Å². The Kier molecular flexibility index (Phi) is 2.33. The van der Waals surface area contributed by atoms with Crippen molar-refractivity contribution in [3.63, 3.8) is 0 Å². The first-order valence-electron chi connectivity index (χ1n) is 4.17. The van der Waals surface area contributed by atoms with Crippen LogP contribution in [0.2, 0.25) is 0 Å². The predicted octanol–water partition coefficient (Wildman–Crippen LogP) is 1.82. The summed E-state index contributed by atoms with van der Waals surface area (Å²) < 4.78 is 22.6. The standard InChI is InChI=1S/C8H8ClNO3S2/c1-4-6-5(7(11)10(4)2)3-14-8(6)15(9,12)13/h3-4H,1-2H3. The lowest BCUT2D eigenvalue weighted by atomic mass is 10.1. The topological polar surface area (TPSA) is 54.5 Å². The van der Waals surface area contributed by atoms with E-state index in [0.717, 1.165) is 11.3 Å². The summed E-state index contributed by atoms with van der Waals surface area (Å²) in [6, 6.07) is -0.234. The van der Waals surface area contributed by atoms with Crippen molar-refractivity contribution in [1.29, 1.82) is 0 Å². The number of halogens is 1. The highest BCUT2D eigenvalue weighted by Gasteiger charge is 2.37. The molecule has 1 aliphatic rings. The van der Waals surface area contributed by atoms with Gasteiger partial charge in [0.05, 0.1) is 11.6 Å². The van der Waals surface area contributed by atoms with Gasteiger partial charge in [-0.05, 0) is 6.92 Å². The number of hydrogen-bond acceptors (Lipinski definition) is 4. The van der Waals surface area contributed by atoms with Crippen molar-refractivity contribution < 1.29 is 13.2 Å². The number of carbonyl (C=O) groups excluding carboxylic acids is 1. The van der Waals surface area contributed by atoms with E-state index in [1.807, 2.05) is 0 Å². The van der Waals surface area contributed by atoms with Crippen LogP contribution in [0.5, 0.6) is 0 Å². The minimum atomic E-state index is -3.75. The van der Waals surface area contributed by atoms with Gasteiger partial charge >= 0.3 is 0 Å². The van der Waals surface area contributed by atoms with Crippen LogP contribution in [0.15, 0.2) is 9.59 Å². The van der Waals surface area contributed by atoms with Crippen molar-refractivity contribution in [3.8, 4) is 0 Å². The molecule has 0 N–H and O–H groups in total.